The molecule has 21 heavy (non-hydrogen) atoms. The van der Waals surface area contributed by atoms with Crippen molar-refractivity contribution in [3.05, 3.63) is 46.9 Å². The van der Waals surface area contributed by atoms with E-state index in [-0.39, 0.29) is 0 Å². The summed E-state index contributed by atoms with van der Waals surface area (Å²) in [6, 6.07) is 3.69. The molecule has 0 bridgehead atoms. The number of hydrogen-bond donors (Lipinski definition) is 2. The number of aryl methyl sites for hydroxylation is 2. The monoisotopic (exact) mass is 303 g/mol. The van der Waals surface area contributed by atoms with Gasteiger partial charge in [-0.1, -0.05) is 11.6 Å². The highest BCUT2D eigenvalue weighted by molar-refractivity contribution is 6.30. The van der Waals surface area contributed by atoms with Gasteiger partial charge in [0.25, 0.3) is 5.88 Å². The molecule has 108 valence electrons. The zero-order valence-electron chi connectivity index (χ0n) is 11.6. The van der Waals surface area contributed by atoms with Gasteiger partial charge >= 0.3 is 0 Å². The number of nitrogens with two attached hydrogens (primary N) is 1. The van der Waals surface area contributed by atoms with Gasteiger partial charge in [0.05, 0.1) is 6.20 Å². The Morgan fingerprint density at radius 3 is 2.67 bits per heavy atom. The topological polar surface area (TPSA) is 77.5 Å². The maximum absolute atomic E-state index is 6.04. The summed E-state index contributed by atoms with van der Waals surface area (Å²) in [6.45, 7) is 3.87. The second-order valence-corrected chi connectivity index (χ2v) is 5.14. The molecule has 2 aromatic heterocycles. The molecule has 3 N–H and O–H groups in total. The molecule has 3 aromatic rings. The lowest BCUT2D eigenvalue weighted by atomic mass is 10.1. The van der Waals surface area contributed by atoms with E-state index < -0.39 is 0 Å². The van der Waals surface area contributed by atoms with Crippen LogP contribution >= 0.6 is 11.6 Å². The van der Waals surface area contributed by atoms with Gasteiger partial charge in [-0.15, -0.1) is 0 Å². The van der Waals surface area contributed by atoms with E-state index >= 15 is 0 Å². The fourth-order valence-electron chi connectivity index (χ4n) is 2.20. The molecule has 0 atom stereocenters. The molecule has 0 aliphatic heterocycles. The lowest BCUT2D eigenvalue weighted by Crippen LogP contribution is -2.10. The second kappa shape index (κ2) is 5.23. The average molecular weight is 304 g/mol. The van der Waals surface area contributed by atoms with Crippen molar-refractivity contribution in [2.45, 2.75) is 13.8 Å². The van der Waals surface area contributed by atoms with Crippen molar-refractivity contribution in [2.75, 3.05) is 5.43 Å². The summed E-state index contributed by atoms with van der Waals surface area (Å²) in [7, 11) is 0. The normalized spacial score (nSPS) is 10.9. The highest BCUT2D eigenvalue weighted by Gasteiger charge is 2.13. The van der Waals surface area contributed by atoms with Crippen LogP contribution in [-0.4, -0.2) is 14.4 Å². The lowest BCUT2D eigenvalue weighted by Gasteiger charge is -2.13. The third-order valence-corrected chi connectivity index (χ3v) is 3.33. The third kappa shape index (κ3) is 2.51. The minimum atomic E-state index is 0.379. The van der Waals surface area contributed by atoms with Gasteiger partial charge in [-0.05, 0) is 37.1 Å². The molecule has 0 saturated carbocycles. The third-order valence-electron chi connectivity index (χ3n) is 3.12. The molecule has 0 aliphatic rings. The number of hydrogen-bond acceptors (Lipinski definition) is 5. The number of nitrogens with zero attached hydrogens (tertiary/aromatic N) is 3. The summed E-state index contributed by atoms with van der Waals surface area (Å²) < 4.78 is 7.75. The molecule has 0 aliphatic carbocycles. The van der Waals surface area contributed by atoms with E-state index in [0.29, 0.717) is 28.1 Å². The highest BCUT2D eigenvalue weighted by atomic mass is 35.5. The summed E-state index contributed by atoms with van der Waals surface area (Å²) in [6.07, 6.45) is 5.20. The van der Waals surface area contributed by atoms with Gasteiger partial charge in [-0.2, -0.15) is 4.98 Å². The Labute approximate surface area is 126 Å². The van der Waals surface area contributed by atoms with Crippen LogP contribution in [0.3, 0.4) is 0 Å². The standard InChI is InChI=1S/C14H14ClN5O/c1-8-5-10(15)6-9(2)12(8)21-14-13-17-3-4-20(13)7-11(18-14)19-16/h3-7,19H,16H2,1-2H3. The zero-order valence-corrected chi connectivity index (χ0v) is 12.3. The molecule has 0 spiro atoms. The van der Waals surface area contributed by atoms with E-state index in [2.05, 4.69) is 15.4 Å². The van der Waals surface area contributed by atoms with Crippen LogP contribution in [0.4, 0.5) is 5.82 Å². The van der Waals surface area contributed by atoms with Gasteiger partial charge < -0.3 is 10.2 Å². The Bertz CT molecular complexity index is 791. The minimum absolute atomic E-state index is 0.379. The average Bonchev–Trinajstić information content (AvgIpc) is 2.90. The predicted octanol–water partition coefficient (Wildman–Crippen LogP) is 3.08. The van der Waals surface area contributed by atoms with Gasteiger partial charge in [0, 0.05) is 17.4 Å². The van der Waals surface area contributed by atoms with Crippen molar-refractivity contribution in [1.29, 1.82) is 0 Å². The van der Waals surface area contributed by atoms with E-state index in [1.54, 1.807) is 23.0 Å². The van der Waals surface area contributed by atoms with Crippen molar-refractivity contribution in [3.8, 4) is 11.6 Å². The number of imidazole rings is 1. The van der Waals surface area contributed by atoms with Crippen LogP contribution in [-0.2, 0) is 0 Å². The largest absolute Gasteiger partial charge is 0.435 e. The maximum atomic E-state index is 6.04. The smallest absolute Gasteiger partial charge is 0.265 e. The van der Waals surface area contributed by atoms with Gasteiger partial charge in [-0.3, -0.25) is 4.40 Å². The Balaban J connectivity index is 2.11. The van der Waals surface area contributed by atoms with Crippen molar-refractivity contribution < 1.29 is 4.74 Å². The summed E-state index contributed by atoms with van der Waals surface area (Å²) >= 11 is 6.04. The highest BCUT2D eigenvalue weighted by Crippen LogP contribution is 2.32. The molecule has 0 amide bonds. The molecule has 3 rings (SSSR count). The number of hydrazine groups is 1. The Morgan fingerprint density at radius 1 is 1.29 bits per heavy atom. The number of halogens is 1. The molecular formula is C14H14ClN5O. The van der Waals surface area contributed by atoms with E-state index in [0.717, 1.165) is 11.1 Å². The number of nitrogen functional groups attached to an aromatic ring is 1. The Hall–Kier alpha value is -2.31. The van der Waals surface area contributed by atoms with Gasteiger partial charge in [0.1, 0.15) is 5.75 Å². The molecule has 0 saturated heterocycles. The van der Waals surface area contributed by atoms with Crippen LogP contribution in [0, 0.1) is 13.8 Å². The van der Waals surface area contributed by atoms with E-state index in [9.17, 15) is 0 Å². The van der Waals surface area contributed by atoms with Crippen LogP contribution in [0.1, 0.15) is 11.1 Å². The first-order chi connectivity index (χ1) is 10.1. The fourth-order valence-corrected chi connectivity index (χ4v) is 2.52. The second-order valence-electron chi connectivity index (χ2n) is 4.70. The van der Waals surface area contributed by atoms with Crippen molar-refractivity contribution in [1.82, 2.24) is 14.4 Å². The van der Waals surface area contributed by atoms with Crippen LogP contribution < -0.4 is 16.0 Å². The Morgan fingerprint density at radius 2 is 2.00 bits per heavy atom. The number of rotatable bonds is 3. The van der Waals surface area contributed by atoms with Crippen LogP contribution in [0.25, 0.3) is 5.65 Å². The van der Waals surface area contributed by atoms with Crippen LogP contribution in [0.2, 0.25) is 5.02 Å². The van der Waals surface area contributed by atoms with Crippen LogP contribution in [0.15, 0.2) is 30.7 Å². The van der Waals surface area contributed by atoms with Gasteiger partial charge in [-0.25, -0.2) is 10.8 Å². The quantitative estimate of drug-likeness (QED) is 0.574. The molecular weight excluding hydrogens is 290 g/mol. The van der Waals surface area contributed by atoms with E-state index in [4.69, 9.17) is 22.2 Å². The molecule has 6 nitrogen and oxygen atoms in total. The number of ether oxygens (including phenoxy) is 1. The number of anilines is 1. The summed E-state index contributed by atoms with van der Waals surface area (Å²) in [5.41, 5.74) is 4.98. The van der Waals surface area contributed by atoms with Gasteiger partial charge in [0.2, 0.25) is 5.65 Å². The minimum Gasteiger partial charge on any atom is -0.435 e. The van der Waals surface area contributed by atoms with E-state index in [1.807, 2.05) is 26.0 Å². The predicted molar refractivity (Wildman–Crippen MR) is 81.8 cm³/mol. The Kier molecular flexibility index (Phi) is 3.40. The fraction of sp³-hybridized carbons (Fsp3) is 0.143. The van der Waals surface area contributed by atoms with Crippen molar-refractivity contribution in [2.24, 2.45) is 5.84 Å². The molecule has 0 radical (unpaired) electrons. The first-order valence-corrected chi connectivity index (χ1v) is 6.71. The first kappa shape index (κ1) is 13.7. The summed E-state index contributed by atoms with van der Waals surface area (Å²) in [5.74, 6) is 7.01. The SMILES string of the molecule is Cc1cc(Cl)cc(C)c1Oc1nc(NN)cn2ccnc12. The molecule has 1 aromatic carbocycles. The van der Waals surface area contributed by atoms with Gasteiger partial charge in [0.15, 0.2) is 5.82 Å². The molecule has 0 fully saturated rings. The number of aromatic nitrogens is 3. The van der Waals surface area contributed by atoms with E-state index in [1.165, 1.54) is 0 Å². The lowest BCUT2D eigenvalue weighted by molar-refractivity contribution is 0.458. The van der Waals surface area contributed by atoms with Crippen molar-refractivity contribution in [3.63, 3.8) is 0 Å². The molecule has 0 unspecified atom stereocenters. The first-order valence-electron chi connectivity index (χ1n) is 6.33. The van der Waals surface area contributed by atoms with Crippen molar-refractivity contribution >= 4 is 23.1 Å². The zero-order chi connectivity index (χ0) is 15.0. The van der Waals surface area contributed by atoms with Crippen LogP contribution in [0.5, 0.6) is 11.6 Å². The molecule has 7 heteroatoms. The summed E-state index contributed by atoms with van der Waals surface area (Å²) in [5, 5.41) is 0.675. The molecule has 2 heterocycles. The number of benzene rings is 1. The number of nitrogens with one attached hydrogen (secondary N) is 1. The summed E-state index contributed by atoms with van der Waals surface area (Å²) in [4.78, 5) is 8.56. The maximum Gasteiger partial charge on any atom is 0.265 e. The number of fused-ring (bicyclic) bond motifs is 1.